The third-order valence-electron chi connectivity index (χ3n) is 7.46. The van der Waals surface area contributed by atoms with Crippen molar-refractivity contribution in [2.45, 2.75) is 30.6 Å². The van der Waals surface area contributed by atoms with E-state index in [1.165, 1.54) is 13.0 Å². The van der Waals surface area contributed by atoms with Gasteiger partial charge in [0.25, 0.3) is 0 Å². The molecule has 51 heavy (non-hydrogen) atoms. The van der Waals surface area contributed by atoms with E-state index in [1.54, 1.807) is 44.6 Å². The molecule has 0 bridgehead atoms. The monoisotopic (exact) mass is 796 g/mol. The number of ether oxygens (including phenoxy) is 1. The molecule has 2 atom stereocenters. The predicted molar refractivity (Wildman–Crippen MR) is 195 cm³/mol. The molecule has 5 nitrogen and oxygen atoms in total. The van der Waals surface area contributed by atoms with E-state index in [0.717, 1.165) is 11.1 Å². The van der Waals surface area contributed by atoms with Gasteiger partial charge < -0.3 is 9.84 Å². The second-order valence-corrected chi connectivity index (χ2v) is 14.1. The van der Waals surface area contributed by atoms with Gasteiger partial charge in [-0.15, -0.1) is 0 Å². The molecule has 9 heteroatoms. The second kappa shape index (κ2) is 21.8. The number of rotatable bonds is 7. The van der Waals surface area contributed by atoms with E-state index < -0.39 is 27.6 Å². The van der Waals surface area contributed by atoms with Crippen molar-refractivity contribution in [2.75, 3.05) is 0 Å². The molecule has 3 aromatic carbocycles. The third-order valence-corrected chi connectivity index (χ3v) is 10.4. The summed E-state index contributed by atoms with van der Waals surface area (Å²) in [4.78, 5) is 13.4. The maximum absolute atomic E-state index is 13.5. The van der Waals surface area contributed by atoms with E-state index in [1.807, 2.05) is 127 Å². The van der Waals surface area contributed by atoms with Crippen molar-refractivity contribution in [2.24, 2.45) is 0 Å². The van der Waals surface area contributed by atoms with Crippen molar-refractivity contribution < 1.29 is 57.2 Å². The van der Waals surface area contributed by atoms with Crippen molar-refractivity contribution in [3.63, 3.8) is 0 Å². The van der Waals surface area contributed by atoms with Gasteiger partial charge >= 0.3 is 40.1 Å². The fourth-order valence-electron chi connectivity index (χ4n) is 5.03. The van der Waals surface area contributed by atoms with Crippen LogP contribution in [0.3, 0.4) is 0 Å². The Labute approximate surface area is 332 Å². The van der Waals surface area contributed by atoms with Crippen LogP contribution < -0.4 is 4.74 Å². The van der Waals surface area contributed by atoms with Crippen LogP contribution in [0.15, 0.2) is 70.5 Å². The van der Waals surface area contributed by atoms with E-state index in [-0.39, 0.29) is 45.6 Å². The van der Waals surface area contributed by atoms with Crippen molar-refractivity contribution >= 4 is 27.6 Å². The fourth-order valence-corrected chi connectivity index (χ4v) is 7.46. The zero-order valence-electron chi connectivity index (χ0n) is 28.1. The summed E-state index contributed by atoms with van der Waals surface area (Å²) in [6.45, 7) is 5.23. The van der Waals surface area contributed by atoms with E-state index in [9.17, 15) is 18.3 Å². The van der Waals surface area contributed by atoms with Crippen LogP contribution in [0.4, 0.5) is 0 Å². The van der Waals surface area contributed by atoms with Crippen LogP contribution in [-0.4, -0.2) is 19.5 Å². The van der Waals surface area contributed by atoms with Gasteiger partial charge in [0.05, 0.1) is 32.1 Å². The minimum atomic E-state index is -1.49. The fraction of sp³-hybridized carbons (Fsp3) is 0.0714. The van der Waals surface area contributed by atoms with Crippen LogP contribution in [-0.2, 0) is 60.5 Å². The zero-order chi connectivity index (χ0) is 34.8. The van der Waals surface area contributed by atoms with E-state index in [2.05, 4.69) is 0 Å². The number of carbonyl (C=O) groups is 1. The molecule has 0 saturated heterocycles. The Kier molecular flexibility index (Phi) is 18.7. The van der Waals surface area contributed by atoms with Crippen LogP contribution in [0.5, 0.6) is 11.5 Å². The molecule has 4 saturated carbocycles. The Morgan fingerprint density at radius 1 is 0.549 bits per heavy atom. The molecule has 20 radical (unpaired) electrons. The molecule has 0 heterocycles. The molecule has 258 valence electrons. The molecule has 4 fully saturated rings. The van der Waals surface area contributed by atoms with Crippen LogP contribution >= 0.6 is 0 Å². The molecule has 0 aromatic heterocycles. The Balaban J connectivity index is 0.000000504. The van der Waals surface area contributed by atoms with Gasteiger partial charge in [0.15, 0.2) is 0 Å². The maximum atomic E-state index is 13.5. The normalized spacial score (nSPS) is 19.1. The van der Waals surface area contributed by atoms with E-state index in [0.29, 0.717) is 43.3 Å². The minimum Gasteiger partial charge on any atom is -0.508 e. The Morgan fingerprint density at radius 3 is 1.29 bits per heavy atom. The van der Waals surface area contributed by atoms with E-state index >= 15 is 0 Å². The Bertz CT molecular complexity index is 1540. The number of esters is 1. The zero-order valence-corrected chi connectivity index (χ0v) is 32.0. The molecule has 0 spiro atoms. The smallest absolute Gasteiger partial charge is 0.508 e. The first-order valence-electron chi connectivity index (χ1n) is 15.6. The summed E-state index contributed by atoms with van der Waals surface area (Å²) in [5, 5.41) is 12.3. The average Bonchev–Trinajstić information content (AvgIpc) is 3.94. The standard InChI is InChI=1S/C32H26O5S2.2C5H5.2Fe/c1-20-10-14-23(15-11-20)38(35)31-8-4-6-25(31)27-19-30(37-22(3)33)28(18-29(27)34)26-7-5-9-32(26)39(36)24-16-12-21(2)13-17-24;2*1-2-4-5-3-1;;/h4-19,34H,1-3H3;2*1-5H;;/q;;;2*+2/t38-,39-;;;;/m0..../s1. The number of benzene rings is 3. The molecule has 0 amide bonds. The van der Waals surface area contributed by atoms with Crippen LogP contribution in [0.25, 0.3) is 0 Å². The summed E-state index contributed by atoms with van der Waals surface area (Å²) < 4.78 is 32.5. The quantitative estimate of drug-likeness (QED) is 0.150. The summed E-state index contributed by atoms with van der Waals surface area (Å²) in [7, 11) is -2.98. The van der Waals surface area contributed by atoms with Gasteiger partial charge in [-0.25, -0.2) is 0 Å². The van der Waals surface area contributed by atoms with Gasteiger partial charge in [0.2, 0.25) is 0 Å². The van der Waals surface area contributed by atoms with Crippen molar-refractivity contribution in [3.05, 3.63) is 208 Å². The number of aryl methyl sites for hydroxylation is 2. The van der Waals surface area contributed by atoms with E-state index in [4.69, 9.17) is 4.74 Å². The SMILES string of the molecule is CC(=O)Oc1cc([C]2[CH][CH][CH][C]2[S@@](=O)c2ccc(C)cc2)c(O)cc1[C]1[CH][CH][CH][C]1[S@@](=O)c1ccc(C)cc1.[CH]1[CH][CH][CH][CH]1.[CH]1[CH][CH][CH][CH]1.[Fe+2].[Fe+2]. The first-order valence-corrected chi connectivity index (χ1v) is 17.9. The third kappa shape index (κ3) is 12.1. The van der Waals surface area contributed by atoms with Crippen molar-refractivity contribution in [3.8, 4) is 11.5 Å². The molecule has 4 aliphatic rings. The molecule has 3 aromatic rings. The number of phenols is 1. The molecule has 7 rings (SSSR count). The van der Waals surface area contributed by atoms with Gasteiger partial charge in [-0.05, 0) is 153 Å². The molecular weight excluding hydrogens is 760 g/mol. The summed E-state index contributed by atoms with van der Waals surface area (Å²) in [5.74, 6) is 0.737. The number of hydrogen-bond donors (Lipinski definition) is 1. The van der Waals surface area contributed by atoms with Crippen LogP contribution in [0, 0.1) is 139 Å². The molecule has 4 aliphatic carbocycles. The molecule has 0 unspecified atom stereocenters. The maximum Gasteiger partial charge on any atom is 2.00 e. The molecule has 1 N–H and O–H groups in total. The van der Waals surface area contributed by atoms with Crippen molar-refractivity contribution in [1.82, 2.24) is 0 Å². The molecule has 0 aliphatic heterocycles. The number of carbonyl (C=O) groups excluding carboxylic acids is 1. The Morgan fingerprint density at radius 2 is 0.922 bits per heavy atom. The predicted octanol–water partition coefficient (Wildman–Crippen LogP) is 7.75. The summed E-state index contributed by atoms with van der Waals surface area (Å²) in [6.07, 6.45) is 30.6. The number of aromatic hydroxyl groups is 1. The summed E-state index contributed by atoms with van der Waals surface area (Å²) in [6, 6.07) is 18.0. The minimum absolute atomic E-state index is 0. The summed E-state index contributed by atoms with van der Waals surface area (Å²) in [5.41, 5.74) is 2.93. The largest absolute Gasteiger partial charge is 2.00 e. The van der Waals surface area contributed by atoms with Gasteiger partial charge in [0.1, 0.15) is 11.5 Å². The number of phenolic OH excluding ortho intramolecular Hbond substituents is 1. The van der Waals surface area contributed by atoms with Crippen LogP contribution in [0.1, 0.15) is 29.2 Å². The Hall–Kier alpha value is -1.73. The van der Waals surface area contributed by atoms with Crippen LogP contribution in [0.2, 0.25) is 0 Å². The average molecular weight is 797 g/mol. The summed E-state index contributed by atoms with van der Waals surface area (Å²) >= 11 is 0. The first kappa shape index (κ1) is 43.7. The topological polar surface area (TPSA) is 80.7 Å². The van der Waals surface area contributed by atoms with Gasteiger partial charge in [0, 0.05) is 39.7 Å². The van der Waals surface area contributed by atoms with Crippen molar-refractivity contribution in [1.29, 1.82) is 0 Å². The van der Waals surface area contributed by atoms with Gasteiger partial charge in [-0.1, -0.05) is 35.4 Å². The second-order valence-electron chi connectivity index (χ2n) is 11.2. The van der Waals surface area contributed by atoms with Gasteiger partial charge in [-0.2, -0.15) is 0 Å². The molecular formula is C42H36Fe2O5S2+4. The number of hydrogen-bond acceptors (Lipinski definition) is 5. The first-order chi connectivity index (χ1) is 23.7. The van der Waals surface area contributed by atoms with Gasteiger partial charge in [-0.3, -0.25) is 13.2 Å².